The highest BCUT2D eigenvalue weighted by molar-refractivity contribution is 8.00. The van der Waals surface area contributed by atoms with E-state index in [1.807, 2.05) is 22.8 Å². The third-order valence-electron chi connectivity index (χ3n) is 5.75. The minimum Gasteiger partial charge on any atom is -0.342 e. The summed E-state index contributed by atoms with van der Waals surface area (Å²) in [5, 5.41) is 1.42. The van der Waals surface area contributed by atoms with Crippen LogP contribution in [-0.2, 0) is 9.59 Å². The summed E-state index contributed by atoms with van der Waals surface area (Å²) in [4.78, 5) is 37.9. The van der Waals surface area contributed by atoms with Crippen LogP contribution in [0.4, 0.5) is 0 Å². The third kappa shape index (κ3) is 6.88. The van der Waals surface area contributed by atoms with Crippen molar-refractivity contribution in [3.8, 4) is 0 Å². The SMILES string of the molecule is Cc1cc(SCC(=O)N2CCC(C)CC2)nc(SCC(=O)N2CCC(C)CC2)n1. The average molecular weight is 437 g/mol. The van der Waals surface area contributed by atoms with Crippen LogP contribution >= 0.6 is 23.5 Å². The Hall–Kier alpha value is -1.28. The van der Waals surface area contributed by atoms with E-state index in [0.29, 0.717) is 28.5 Å². The summed E-state index contributed by atoms with van der Waals surface area (Å²) < 4.78 is 0. The molecule has 0 bridgehead atoms. The Bertz CT molecular complexity index is 658. The Morgan fingerprint density at radius 2 is 1.38 bits per heavy atom. The highest BCUT2D eigenvalue weighted by atomic mass is 32.2. The van der Waals surface area contributed by atoms with Gasteiger partial charge in [-0.2, -0.15) is 0 Å². The number of carbonyl (C=O) groups is 2. The molecule has 2 amide bonds. The van der Waals surface area contributed by atoms with Gasteiger partial charge in [-0.25, -0.2) is 9.97 Å². The highest BCUT2D eigenvalue weighted by Gasteiger charge is 2.22. The van der Waals surface area contributed by atoms with Gasteiger partial charge < -0.3 is 9.80 Å². The van der Waals surface area contributed by atoms with Gasteiger partial charge in [-0.05, 0) is 50.5 Å². The third-order valence-corrected chi connectivity index (χ3v) is 7.48. The second-order valence-corrected chi connectivity index (χ2v) is 10.3. The number of carbonyl (C=O) groups excluding carboxylic acids is 2. The normalized spacial score (nSPS) is 18.9. The van der Waals surface area contributed by atoms with E-state index in [4.69, 9.17) is 0 Å². The van der Waals surface area contributed by atoms with Crippen LogP contribution in [0.2, 0.25) is 0 Å². The Morgan fingerprint density at radius 1 is 0.897 bits per heavy atom. The van der Waals surface area contributed by atoms with Gasteiger partial charge in [0.25, 0.3) is 0 Å². The molecule has 3 heterocycles. The van der Waals surface area contributed by atoms with Crippen LogP contribution < -0.4 is 0 Å². The smallest absolute Gasteiger partial charge is 0.233 e. The Kier molecular flexibility index (Phi) is 8.24. The van der Waals surface area contributed by atoms with Crippen LogP contribution in [0.1, 0.15) is 45.2 Å². The fourth-order valence-corrected chi connectivity index (χ4v) is 5.34. The molecule has 29 heavy (non-hydrogen) atoms. The molecule has 0 aromatic carbocycles. The zero-order chi connectivity index (χ0) is 20.8. The number of rotatable bonds is 6. The predicted molar refractivity (Wildman–Crippen MR) is 118 cm³/mol. The molecule has 2 fully saturated rings. The Morgan fingerprint density at radius 3 is 1.90 bits per heavy atom. The van der Waals surface area contributed by atoms with E-state index in [9.17, 15) is 9.59 Å². The first-order valence-electron chi connectivity index (χ1n) is 10.6. The number of likely N-dealkylation sites (tertiary alicyclic amines) is 2. The summed E-state index contributed by atoms with van der Waals surface area (Å²) in [6.45, 7) is 9.85. The molecule has 0 atom stereocenters. The monoisotopic (exact) mass is 436 g/mol. The quantitative estimate of drug-likeness (QED) is 0.386. The fourth-order valence-electron chi connectivity index (χ4n) is 3.61. The van der Waals surface area contributed by atoms with E-state index in [0.717, 1.165) is 62.6 Å². The number of thioether (sulfide) groups is 2. The van der Waals surface area contributed by atoms with Crippen LogP contribution in [0.15, 0.2) is 16.2 Å². The van der Waals surface area contributed by atoms with Gasteiger partial charge in [0, 0.05) is 31.9 Å². The van der Waals surface area contributed by atoms with Gasteiger partial charge in [-0.15, -0.1) is 0 Å². The molecule has 0 N–H and O–H groups in total. The van der Waals surface area contributed by atoms with Crippen LogP contribution in [0.5, 0.6) is 0 Å². The maximum Gasteiger partial charge on any atom is 0.233 e. The molecule has 0 saturated carbocycles. The molecule has 0 unspecified atom stereocenters. The standard InChI is InChI=1S/C21H32N4O2S2/c1-15-4-8-24(9-5-15)19(26)13-28-18-12-17(3)22-21(23-18)29-14-20(27)25-10-6-16(2)7-11-25/h12,15-16H,4-11,13-14H2,1-3H3. The van der Waals surface area contributed by atoms with Crippen molar-refractivity contribution in [1.82, 2.24) is 19.8 Å². The van der Waals surface area contributed by atoms with E-state index in [1.165, 1.54) is 23.5 Å². The van der Waals surface area contributed by atoms with Gasteiger partial charge in [-0.3, -0.25) is 9.59 Å². The minimum absolute atomic E-state index is 0.163. The van der Waals surface area contributed by atoms with Gasteiger partial charge in [0.2, 0.25) is 11.8 Å². The summed E-state index contributed by atoms with van der Waals surface area (Å²) in [7, 11) is 0. The minimum atomic E-state index is 0.163. The number of amides is 2. The Balaban J connectivity index is 1.49. The van der Waals surface area contributed by atoms with Gasteiger partial charge in [-0.1, -0.05) is 37.4 Å². The van der Waals surface area contributed by atoms with Crippen molar-refractivity contribution in [2.75, 3.05) is 37.7 Å². The lowest BCUT2D eigenvalue weighted by Gasteiger charge is -2.30. The molecule has 160 valence electrons. The molecule has 8 heteroatoms. The summed E-state index contributed by atoms with van der Waals surface area (Å²) in [6, 6.07) is 1.91. The van der Waals surface area contributed by atoms with Crippen molar-refractivity contribution in [3.05, 3.63) is 11.8 Å². The first-order valence-corrected chi connectivity index (χ1v) is 12.5. The molecule has 2 aliphatic rings. The van der Waals surface area contributed by atoms with E-state index in [2.05, 4.69) is 23.8 Å². The molecule has 1 aromatic rings. The summed E-state index contributed by atoms with van der Waals surface area (Å²) in [6.07, 6.45) is 4.35. The highest BCUT2D eigenvalue weighted by Crippen LogP contribution is 2.24. The molecule has 2 saturated heterocycles. The topological polar surface area (TPSA) is 66.4 Å². The van der Waals surface area contributed by atoms with Crippen molar-refractivity contribution < 1.29 is 9.59 Å². The lowest BCUT2D eigenvalue weighted by atomic mass is 9.99. The van der Waals surface area contributed by atoms with E-state index >= 15 is 0 Å². The van der Waals surface area contributed by atoms with E-state index < -0.39 is 0 Å². The lowest BCUT2D eigenvalue weighted by Crippen LogP contribution is -2.39. The number of piperidine rings is 2. The number of nitrogens with zero attached hydrogens (tertiary/aromatic N) is 4. The van der Waals surface area contributed by atoms with Crippen LogP contribution in [0, 0.1) is 18.8 Å². The van der Waals surface area contributed by atoms with Gasteiger partial charge in [0.15, 0.2) is 5.16 Å². The van der Waals surface area contributed by atoms with Gasteiger partial charge >= 0.3 is 0 Å². The molecule has 3 rings (SSSR count). The number of aromatic nitrogens is 2. The molecule has 0 spiro atoms. The lowest BCUT2D eigenvalue weighted by molar-refractivity contribution is -0.130. The van der Waals surface area contributed by atoms with Crippen molar-refractivity contribution in [1.29, 1.82) is 0 Å². The summed E-state index contributed by atoms with van der Waals surface area (Å²) in [5.74, 6) is 2.54. The number of hydrogen-bond acceptors (Lipinski definition) is 6. The molecular weight excluding hydrogens is 404 g/mol. The van der Waals surface area contributed by atoms with Crippen LogP contribution in [-0.4, -0.2) is 69.3 Å². The zero-order valence-corrected chi connectivity index (χ0v) is 19.4. The van der Waals surface area contributed by atoms with Crippen molar-refractivity contribution in [3.63, 3.8) is 0 Å². The molecular formula is C21H32N4O2S2. The number of aryl methyl sites for hydroxylation is 1. The zero-order valence-electron chi connectivity index (χ0n) is 17.7. The maximum absolute atomic E-state index is 12.5. The molecule has 2 aliphatic heterocycles. The second-order valence-electron chi connectivity index (χ2n) is 8.33. The van der Waals surface area contributed by atoms with Crippen molar-refractivity contribution >= 4 is 35.3 Å². The molecule has 0 radical (unpaired) electrons. The second kappa shape index (κ2) is 10.7. The van der Waals surface area contributed by atoms with Crippen LogP contribution in [0.25, 0.3) is 0 Å². The first kappa shape index (κ1) is 22.4. The predicted octanol–water partition coefficient (Wildman–Crippen LogP) is 3.49. The largest absolute Gasteiger partial charge is 0.342 e. The summed E-state index contributed by atoms with van der Waals surface area (Å²) in [5.41, 5.74) is 0.864. The summed E-state index contributed by atoms with van der Waals surface area (Å²) >= 11 is 2.85. The molecule has 0 aliphatic carbocycles. The average Bonchev–Trinajstić information content (AvgIpc) is 2.71. The van der Waals surface area contributed by atoms with E-state index in [-0.39, 0.29) is 11.8 Å². The Labute approximate surface area is 182 Å². The van der Waals surface area contributed by atoms with Crippen molar-refractivity contribution in [2.45, 2.75) is 56.6 Å². The van der Waals surface area contributed by atoms with Crippen LogP contribution in [0.3, 0.4) is 0 Å². The van der Waals surface area contributed by atoms with Crippen molar-refractivity contribution in [2.24, 2.45) is 11.8 Å². The molecule has 1 aromatic heterocycles. The van der Waals surface area contributed by atoms with Gasteiger partial charge in [0.05, 0.1) is 11.5 Å². The van der Waals surface area contributed by atoms with E-state index in [1.54, 1.807) is 0 Å². The van der Waals surface area contributed by atoms with Gasteiger partial charge in [0.1, 0.15) is 5.03 Å². The number of hydrogen-bond donors (Lipinski definition) is 0. The fraction of sp³-hybridized carbons (Fsp3) is 0.714. The molecule has 6 nitrogen and oxygen atoms in total. The maximum atomic E-state index is 12.5. The first-order chi connectivity index (χ1) is 13.9.